The minimum Gasteiger partial charge on any atom is -0.478 e. The lowest BCUT2D eigenvalue weighted by atomic mass is 9.99. The Morgan fingerprint density at radius 3 is 2.47 bits per heavy atom. The molecule has 1 N–H and O–H groups in total. The molecule has 0 fully saturated rings. The summed E-state index contributed by atoms with van der Waals surface area (Å²) in [6.45, 7) is 0. The van der Waals surface area contributed by atoms with Crippen LogP contribution in [0.4, 0.5) is 0 Å². The van der Waals surface area contributed by atoms with Crippen molar-refractivity contribution in [2.45, 2.75) is 6.42 Å². The molecule has 0 unspecified atom stereocenters. The number of benzene rings is 2. The van der Waals surface area contributed by atoms with E-state index in [-0.39, 0.29) is 0 Å². The maximum Gasteiger partial charge on any atom is 0.328 e. The molecule has 0 atom stereocenters. The molecule has 0 radical (unpaired) electrons. The topological polar surface area (TPSA) is 37.3 Å². The third-order valence-corrected chi connectivity index (χ3v) is 3.30. The van der Waals surface area contributed by atoms with E-state index in [1.54, 1.807) is 6.08 Å². The zero-order valence-corrected chi connectivity index (χ0v) is 11.8. The first-order valence-corrected chi connectivity index (χ1v) is 6.68. The Balaban J connectivity index is 2.24. The van der Waals surface area contributed by atoms with E-state index in [1.807, 2.05) is 36.4 Å². The van der Waals surface area contributed by atoms with Crippen molar-refractivity contribution >= 4 is 28.0 Å². The number of carboxylic acids is 1. The number of hydrogen-bond acceptors (Lipinski definition) is 1. The van der Waals surface area contributed by atoms with Crippen molar-refractivity contribution in [2.75, 3.05) is 0 Å². The third kappa shape index (κ3) is 4.07. The van der Waals surface area contributed by atoms with Crippen molar-refractivity contribution in [3.63, 3.8) is 0 Å². The van der Waals surface area contributed by atoms with Gasteiger partial charge in [0.05, 0.1) is 0 Å². The summed E-state index contributed by atoms with van der Waals surface area (Å²) in [5, 5.41) is 8.69. The normalized spacial score (nSPS) is 10.8. The molecular formula is C16H13BrO2. The second kappa shape index (κ2) is 6.34. The Labute approximate surface area is 120 Å². The van der Waals surface area contributed by atoms with Gasteiger partial charge < -0.3 is 5.11 Å². The van der Waals surface area contributed by atoms with Crippen LogP contribution in [0, 0.1) is 0 Å². The third-order valence-electron chi connectivity index (χ3n) is 2.77. The van der Waals surface area contributed by atoms with Crippen LogP contribution in [0.3, 0.4) is 0 Å². The highest BCUT2D eigenvalue weighted by Gasteiger charge is 2.01. The highest BCUT2D eigenvalue weighted by molar-refractivity contribution is 9.10. The van der Waals surface area contributed by atoms with Crippen molar-refractivity contribution in [1.29, 1.82) is 0 Å². The van der Waals surface area contributed by atoms with E-state index in [1.165, 1.54) is 11.6 Å². The van der Waals surface area contributed by atoms with Crippen LogP contribution in [0.15, 0.2) is 59.1 Å². The molecule has 0 amide bonds. The van der Waals surface area contributed by atoms with Gasteiger partial charge in [-0.15, -0.1) is 0 Å². The predicted molar refractivity (Wildman–Crippen MR) is 80.1 cm³/mol. The standard InChI is InChI=1S/C16H13BrO2/c17-15-8-5-12(6-9-15)11-14-4-2-1-3-13(14)7-10-16(18)19/h1-10H,11H2,(H,18,19)/b10-7+. The largest absolute Gasteiger partial charge is 0.478 e. The molecule has 0 heterocycles. The molecule has 2 nitrogen and oxygen atoms in total. The summed E-state index contributed by atoms with van der Waals surface area (Å²) >= 11 is 3.41. The molecule has 96 valence electrons. The van der Waals surface area contributed by atoms with Gasteiger partial charge >= 0.3 is 5.97 Å². The van der Waals surface area contributed by atoms with Gasteiger partial charge in [-0.2, -0.15) is 0 Å². The molecule has 0 saturated carbocycles. The SMILES string of the molecule is O=C(O)/C=C/c1ccccc1Cc1ccc(Br)cc1. The predicted octanol–water partition coefficient (Wildman–Crippen LogP) is 4.14. The highest BCUT2D eigenvalue weighted by Crippen LogP contribution is 2.17. The summed E-state index contributed by atoms with van der Waals surface area (Å²) in [6.07, 6.45) is 3.59. The summed E-state index contributed by atoms with van der Waals surface area (Å²) in [4.78, 5) is 10.6. The van der Waals surface area contributed by atoms with Gasteiger partial charge in [0, 0.05) is 10.5 Å². The average Bonchev–Trinajstić information content (AvgIpc) is 2.40. The molecule has 0 saturated heterocycles. The average molecular weight is 317 g/mol. The molecule has 0 bridgehead atoms. The van der Waals surface area contributed by atoms with Crippen LogP contribution >= 0.6 is 15.9 Å². The number of rotatable bonds is 4. The number of carboxylic acid groups (broad SMARTS) is 1. The molecule has 2 aromatic rings. The lowest BCUT2D eigenvalue weighted by Gasteiger charge is -2.06. The summed E-state index contributed by atoms with van der Waals surface area (Å²) in [5.74, 6) is -0.932. The second-order valence-electron chi connectivity index (χ2n) is 4.17. The number of hydrogen-bond donors (Lipinski definition) is 1. The van der Waals surface area contributed by atoms with E-state index in [9.17, 15) is 4.79 Å². The van der Waals surface area contributed by atoms with Crippen molar-refractivity contribution in [3.8, 4) is 0 Å². The van der Waals surface area contributed by atoms with Gasteiger partial charge in [-0.3, -0.25) is 0 Å². The first-order valence-electron chi connectivity index (χ1n) is 5.88. The van der Waals surface area contributed by atoms with E-state index in [0.717, 1.165) is 22.0 Å². The summed E-state index contributed by atoms with van der Waals surface area (Å²) in [6, 6.07) is 15.9. The Bertz CT molecular complexity index is 600. The van der Waals surface area contributed by atoms with Gasteiger partial charge in [0.1, 0.15) is 0 Å². The minimum absolute atomic E-state index is 0.785. The van der Waals surface area contributed by atoms with Crippen LogP contribution in [0.1, 0.15) is 16.7 Å². The lowest BCUT2D eigenvalue weighted by Crippen LogP contribution is -1.92. The van der Waals surface area contributed by atoms with Crippen LogP contribution in [0.2, 0.25) is 0 Å². The minimum atomic E-state index is -0.932. The van der Waals surface area contributed by atoms with Gasteiger partial charge in [-0.05, 0) is 41.3 Å². The maximum absolute atomic E-state index is 10.6. The van der Waals surface area contributed by atoms with Gasteiger partial charge in [0.15, 0.2) is 0 Å². The first-order chi connectivity index (χ1) is 9.15. The smallest absolute Gasteiger partial charge is 0.328 e. The molecule has 0 spiro atoms. The van der Waals surface area contributed by atoms with Gasteiger partial charge in [-0.1, -0.05) is 52.3 Å². The second-order valence-corrected chi connectivity index (χ2v) is 5.09. The Morgan fingerprint density at radius 1 is 1.11 bits per heavy atom. The van der Waals surface area contributed by atoms with Crippen molar-refractivity contribution in [3.05, 3.63) is 75.8 Å². The molecule has 3 heteroatoms. The van der Waals surface area contributed by atoms with Crippen LogP contribution < -0.4 is 0 Å². The fourth-order valence-corrected chi connectivity index (χ4v) is 2.11. The van der Waals surface area contributed by atoms with Crippen LogP contribution in [0.5, 0.6) is 0 Å². The van der Waals surface area contributed by atoms with Crippen LogP contribution in [0.25, 0.3) is 6.08 Å². The Kier molecular flexibility index (Phi) is 4.53. The zero-order valence-electron chi connectivity index (χ0n) is 10.2. The number of aliphatic carboxylic acids is 1. The van der Waals surface area contributed by atoms with E-state index in [4.69, 9.17) is 5.11 Å². The van der Waals surface area contributed by atoms with E-state index < -0.39 is 5.97 Å². The molecular weight excluding hydrogens is 304 g/mol. The fourth-order valence-electron chi connectivity index (χ4n) is 1.84. The summed E-state index contributed by atoms with van der Waals surface area (Å²) in [5.41, 5.74) is 3.24. The van der Waals surface area contributed by atoms with Gasteiger partial charge in [-0.25, -0.2) is 4.79 Å². The monoisotopic (exact) mass is 316 g/mol. The highest BCUT2D eigenvalue weighted by atomic mass is 79.9. The van der Waals surface area contributed by atoms with Crippen LogP contribution in [-0.2, 0) is 11.2 Å². The first kappa shape index (κ1) is 13.6. The number of halogens is 1. The summed E-state index contributed by atoms with van der Waals surface area (Å²) < 4.78 is 1.05. The summed E-state index contributed by atoms with van der Waals surface area (Å²) in [7, 11) is 0. The number of carbonyl (C=O) groups is 1. The molecule has 0 aliphatic rings. The van der Waals surface area contributed by atoms with Crippen LogP contribution in [-0.4, -0.2) is 11.1 Å². The van der Waals surface area contributed by atoms with E-state index >= 15 is 0 Å². The molecule has 0 aromatic heterocycles. The Morgan fingerprint density at radius 2 is 1.79 bits per heavy atom. The van der Waals surface area contributed by atoms with Gasteiger partial charge in [0.25, 0.3) is 0 Å². The van der Waals surface area contributed by atoms with Crippen molar-refractivity contribution in [2.24, 2.45) is 0 Å². The molecule has 0 aliphatic carbocycles. The van der Waals surface area contributed by atoms with Gasteiger partial charge in [0.2, 0.25) is 0 Å². The zero-order chi connectivity index (χ0) is 13.7. The van der Waals surface area contributed by atoms with E-state index in [0.29, 0.717) is 0 Å². The molecule has 2 aromatic carbocycles. The maximum atomic E-state index is 10.6. The Hall–Kier alpha value is -1.87. The quantitative estimate of drug-likeness (QED) is 0.861. The molecule has 2 rings (SSSR count). The van der Waals surface area contributed by atoms with Crippen molar-refractivity contribution < 1.29 is 9.90 Å². The lowest BCUT2D eigenvalue weighted by molar-refractivity contribution is -0.131. The van der Waals surface area contributed by atoms with E-state index in [2.05, 4.69) is 28.1 Å². The van der Waals surface area contributed by atoms with Crippen molar-refractivity contribution in [1.82, 2.24) is 0 Å². The molecule has 19 heavy (non-hydrogen) atoms. The molecule has 0 aliphatic heterocycles. The fraction of sp³-hybridized carbons (Fsp3) is 0.0625.